The van der Waals surface area contributed by atoms with E-state index in [0.29, 0.717) is 17.8 Å². The Morgan fingerprint density at radius 2 is 2.10 bits per heavy atom. The first-order valence-corrected chi connectivity index (χ1v) is 7.16. The van der Waals surface area contributed by atoms with Gasteiger partial charge in [0.1, 0.15) is 6.07 Å². The van der Waals surface area contributed by atoms with Crippen LogP contribution in [0.2, 0.25) is 0 Å². The molecule has 106 valence electrons. The van der Waals surface area contributed by atoms with Crippen LogP contribution in [0.5, 0.6) is 0 Å². The predicted octanol–water partition coefficient (Wildman–Crippen LogP) is 2.62. The minimum absolute atomic E-state index is 0.0619. The second-order valence-corrected chi connectivity index (χ2v) is 5.55. The van der Waals surface area contributed by atoms with Gasteiger partial charge in [-0.15, -0.1) is 0 Å². The lowest BCUT2D eigenvalue weighted by Gasteiger charge is -2.20. The number of hydrogen-bond donors (Lipinski definition) is 1. The molecule has 0 bridgehead atoms. The Hall–Kier alpha value is -1.86. The smallest absolute Gasteiger partial charge is 0.238 e. The lowest BCUT2D eigenvalue weighted by Crippen LogP contribution is -2.33. The number of anilines is 1. The molecule has 1 aromatic carbocycles. The van der Waals surface area contributed by atoms with Crippen LogP contribution in [0.3, 0.4) is 0 Å². The predicted molar refractivity (Wildman–Crippen MR) is 79.2 cm³/mol. The van der Waals surface area contributed by atoms with Gasteiger partial charge in [0.05, 0.1) is 17.8 Å². The van der Waals surface area contributed by atoms with Crippen LogP contribution in [0.25, 0.3) is 0 Å². The number of nitrogens with one attached hydrogen (secondary N) is 1. The molecule has 1 fully saturated rings. The Morgan fingerprint density at radius 1 is 1.40 bits per heavy atom. The third-order valence-corrected chi connectivity index (χ3v) is 3.78. The highest BCUT2D eigenvalue weighted by atomic mass is 16.2. The van der Waals surface area contributed by atoms with E-state index in [0.717, 1.165) is 12.5 Å². The van der Waals surface area contributed by atoms with E-state index in [2.05, 4.69) is 16.3 Å². The van der Waals surface area contributed by atoms with Gasteiger partial charge in [-0.05, 0) is 37.9 Å². The highest BCUT2D eigenvalue weighted by Gasteiger charge is 2.18. The first-order chi connectivity index (χ1) is 9.69. The van der Waals surface area contributed by atoms with Gasteiger partial charge in [0.15, 0.2) is 0 Å². The van der Waals surface area contributed by atoms with Crippen molar-refractivity contribution in [1.29, 1.82) is 5.26 Å². The van der Waals surface area contributed by atoms with Crippen molar-refractivity contribution in [2.24, 2.45) is 5.92 Å². The molecule has 1 amide bonds. The van der Waals surface area contributed by atoms with Gasteiger partial charge in [0, 0.05) is 6.54 Å². The van der Waals surface area contributed by atoms with Crippen molar-refractivity contribution in [3.63, 3.8) is 0 Å². The van der Waals surface area contributed by atoms with E-state index in [9.17, 15) is 4.79 Å². The maximum Gasteiger partial charge on any atom is 0.238 e. The number of nitrogens with zero attached hydrogens (tertiary/aromatic N) is 2. The Morgan fingerprint density at radius 3 is 2.80 bits per heavy atom. The standard InChI is InChI=1S/C16H21N3O/c1-19(11-13-6-2-3-7-13)12-16(20)18-15-9-5-4-8-14(15)10-17/h4-5,8-9,13H,2-3,6-7,11-12H2,1H3,(H,18,20). The van der Waals surface area contributed by atoms with Crippen molar-refractivity contribution in [2.75, 3.05) is 25.5 Å². The number of rotatable bonds is 5. The van der Waals surface area contributed by atoms with Crippen LogP contribution in [-0.4, -0.2) is 30.9 Å². The molecule has 1 aromatic rings. The molecule has 0 spiro atoms. The summed E-state index contributed by atoms with van der Waals surface area (Å²) < 4.78 is 0. The third kappa shape index (κ3) is 4.07. The van der Waals surface area contributed by atoms with Crippen molar-refractivity contribution in [3.8, 4) is 6.07 Å². The number of carbonyl (C=O) groups is 1. The van der Waals surface area contributed by atoms with Crippen molar-refractivity contribution in [3.05, 3.63) is 29.8 Å². The van der Waals surface area contributed by atoms with Gasteiger partial charge in [-0.1, -0.05) is 25.0 Å². The van der Waals surface area contributed by atoms with E-state index >= 15 is 0 Å². The van der Waals surface area contributed by atoms with Crippen LogP contribution in [0.15, 0.2) is 24.3 Å². The summed E-state index contributed by atoms with van der Waals surface area (Å²) in [7, 11) is 1.98. The van der Waals surface area contributed by atoms with Crippen LogP contribution in [-0.2, 0) is 4.79 Å². The molecular weight excluding hydrogens is 250 g/mol. The summed E-state index contributed by atoms with van der Waals surface area (Å²) in [6.07, 6.45) is 5.20. The van der Waals surface area contributed by atoms with Crippen LogP contribution in [0.1, 0.15) is 31.2 Å². The van der Waals surface area contributed by atoms with Crippen molar-refractivity contribution < 1.29 is 4.79 Å². The second kappa shape index (κ2) is 7.06. The lowest BCUT2D eigenvalue weighted by molar-refractivity contribution is -0.117. The topological polar surface area (TPSA) is 56.1 Å². The molecule has 2 rings (SSSR count). The van der Waals surface area contributed by atoms with Gasteiger partial charge in [-0.2, -0.15) is 5.26 Å². The summed E-state index contributed by atoms with van der Waals surface area (Å²) in [5.74, 6) is 0.674. The highest BCUT2D eigenvalue weighted by molar-refractivity contribution is 5.93. The zero-order valence-corrected chi connectivity index (χ0v) is 11.9. The molecule has 0 aromatic heterocycles. The summed E-state index contributed by atoms with van der Waals surface area (Å²) in [4.78, 5) is 14.1. The molecule has 1 aliphatic carbocycles. The molecule has 1 aliphatic rings. The summed E-state index contributed by atoms with van der Waals surface area (Å²) in [5.41, 5.74) is 1.09. The molecule has 0 saturated heterocycles. The number of benzene rings is 1. The quantitative estimate of drug-likeness (QED) is 0.895. The van der Waals surface area contributed by atoms with E-state index in [1.54, 1.807) is 18.2 Å². The van der Waals surface area contributed by atoms with E-state index in [1.807, 2.05) is 13.1 Å². The molecule has 1 saturated carbocycles. The lowest BCUT2D eigenvalue weighted by atomic mass is 10.1. The molecule has 0 unspecified atom stereocenters. The zero-order chi connectivity index (χ0) is 14.4. The maximum atomic E-state index is 12.0. The van der Waals surface area contributed by atoms with Gasteiger partial charge in [-0.3, -0.25) is 9.69 Å². The Balaban J connectivity index is 1.84. The van der Waals surface area contributed by atoms with Gasteiger partial charge in [0.25, 0.3) is 0 Å². The maximum absolute atomic E-state index is 12.0. The van der Waals surface area contributed by atoms with Crippen LogP contribution >= 0.6 is 0 Å². The SMILES string of the molecule is CN(CC(=O)Nc1ccccc1C#N)CC1CCCC1. The van der Waals surface area contributed by atoms with Gasteiger partial charge in [0.2, 0.25) is 5.91 Å². The summed E-state index contributed by atoms with van der Waals surface area (Å²) in [6, 6.07) is 9.16. The minimum Gasteiger partial charge on any atom is -0.324 e. The zero-order valence-electron chi connectivity index (χ0n) is 11.9. The summed E-state index contributed by atoms with van der Waals surface area (Å²) in [5, 5.41) is 11.8. The van der Waals surface area contributed by atoms with Crippen LogP contribution in [0.4, 0.5) is 5.69 Å². The van der Waals surface area contributed by atoms with Gasteiger partial charge >= 0.3 is 0 Å². The number of amides is 1. The highest BCUT2D eigenvalue weighted by Crippen LogP contribution is 2.25. The molecule has 0 radical (unpaired) electrons. The monoisotopic (exact) mass is 271 g/mol. The van der Waals surface area contributed by atoms with E-state index in [1.165, 1.54) is 25.7 Å². The average molecular weight is 271 g/mol. The molecule has 20 heavy (non-hydrogen) atoms. The number of nitriles is 1. The Bertz CT molecular complexity index is 501. The molecule has 0 heterocycles. The number of para-hydroxylation sites is 1. The van der Waals surface area contributed by atoms with E-state index in [-0.39, 0.29) is 5.91 Å². The third-order valence-electron chi connectivity index (χ3n) is 3.78. The Labute approximate surface area is 120 Å². The van der Waals surface area contributed by atoms with Crippen LogP contribution in [0, 0.1) is 17.2 Å². The Kier molecular flexibility index (Phi) is 5.14. The fraction of sp³-hybridized carbons (Fsp3) is 0.500. The summed E-state index contributed by atoms with van der Waals surface area (Å²) in [6.45, 7) is 1.35. The number of likely N-dealkylation sites (N-methyl/N-ethyl adjacent to an activating group) is 1. The molecule has 4 nitrogen and oxygen atoms in total. The van der Waals surface area contributed by atoms with E-state index < -0.39 is 0 Å². The normalized spacial score (nSPS) is 15.2. The van der Waals surface area contributed by atoms with Crippen LogP contribution < -0.4 is 5.32 Å². The van der Waals surface area contributed by atoms with Gasteiger partial charge in [-0.25, -0.2) is 0 Å². The molecule has 1 N–H and O–H groups in total. The van der Waals surface area contributed by atoms with Gasteiger partial charge < -0.3 is 5.32 Å². The largest absolute Gasteiger partial charge is 0.324 e. The van der Waals surface area contributed by atoms with Crippen molar-refractivity contribution in [1.82, 2.24) is 4.90 Å². The minimum atomic E-state index is -0.0619. The summed E-state index contributed by atoms with van der Waals surface area (Å²) >= 11 is 0. The molecule has 0 aliphatic heterocycles. The van der Waals surface area contributed by atoms with Crippen molar-refractivity contribution in [2.45, 2.75) is 25.7 Å². The molecular formula is C16H21N3O. The van der Waals surface area contributed by atoms with Crippen molar-refractivity contribution >= 4 is 11.6 Å². The number of carbonyl (C=O) groups excluding carboxylic acids is 1. The number of hydrogen-bond acceptors (Lipinski definition) is 3. The average Bonchev–Trinajstić information content (AvgIpc) is 2.91. The first-order valence-electron chi connectivity index (χ1n) is 7.16. The first kappa shape index (κ1) is 14.5. The molecule has 4 heteroatoms. The van der Waals surface area contributed by atoms with E-state index in [4.69, 9.17) is 5.26 Å². The second-order valence-electron chi connectivity index (χ2n) is 5.55. The fourth-order valence-electron chi connectivity index (χ4n) is 2.82. The molecule has 0 atom stereocenters. The fourth-order valence-corrected chi connectivity index (χ4v) is 2.82.